The molecule has 1 N–H and O–H groups in total. The lowest BCUT2D eigenvalue weighted by atomic mass is 10.2. The van der Waals surface area contributed by atoms with E-state index in [4.69, 9.17) is 27.4 Å². The molecule has 3 aromatic rings. The molecule has 4 aliphatic rings. The van der Waals surface area contributed by atoms with E-state index in [1.54, 1.807) is 34.6 Å². The molecule has 0 bridgehead atoms. The second kappa shape index (κ2) is 21.6. The summed E-state index contributed by atoms with van der Waals surface area (Å²) < 4.78 is 69.7. The van der Waals surface area contributed by atoms with Crippen molar-refractivity contribution in [3.63, 3.8) is 0 Å². The summed E-state index contributed by atoms with van der Waals surface area (Å²) >= 11 is 7.85. The van der Waals surface area contributed by atoms with Crippen LogP contribution >= 0.6 is 82.1 Å². The van der Waals surface area contributed by atoms with E-state index in [0.717, 1.165) is 70.2 Å². The number of rotatable bonds is 6. The van der Waals surface area contributed by atoms with Gasteiger partial charge in [-0.1, -0.05) is 6.07 Å². The van der Waals surface area contributed by atoms with Gasteiger partial charge in [-0.05, 0) is 65.2 Å². The molecule has 0 saturated carbocycles. The van der Waals surface area contributed by atoms with Crippen LogP contribution in [0, 0.1) is 0 Å². The first-order valence-corrected chi connectivity index (χ1v) is 28.7. The highest BCUT2D eigenvalue weighted by molar-refractivity contribution is 15.0. The van der Waals surface area contributed by atoms with Crippen LogP contribution in [0.25, 0.3) is 0 Å². The van der Waals surface area contributed by atoms with Gasteiger partial charge in [0.2, 0.25) is 6.79 Å². The molecule has 3 aromatic carbocycles. The van der Waals surface area contributed by atoms with Crippen LogP contribution < -0.4 is 24.3 Å². The van der Waals surface area contributed by atoms with Crippen molar-refractivity contribution in [3.8, 4) is 23.0 Å². The molecule has 4 aliphatic heterocycles. The molecule has 0 unspecified atom stereocenters. The van der Waals surface area contributed by atoms with Crippen molar-refractivity contribution in [1.82, 2.24) is 18.8 Å². The van der Waals surface area contributed by atoms with Crippen LogP contribution in [-0.4, -0.2) is 102 Å². The molecule has 0 atom stereocenters. The van der Waals surface area contributed by atoms with E-state index >= 15 is 0 Å². The Kier molecular flexibility index (Phi) is 18.3. The Labute approximate surface area is 347 Å². The van der Waals surface area contributed by atoms with E-state index in [9.17, 15) is 8.42 Å². The fourth-order valence-corrected chi connectivity index (χ4v) is 9.31. The predicted octanol–water partition coefficient (Wildman–Crippen LogP) is 6.76. The van der Waals surface area contributed by atoms with E-state index in [2.05, 4.69) is 80.9 Å². The molecule has 20 heteroatoms. The molecule has 1 fully saturated rings. The number of ether oxygens (including phenoxy) is 4. The lowest BCUT2D eigenvalue weighted by molar-refractivity contribution is 0.172. The summed E-state index contributed by atoms with van der Waals surface area (Å²) in [4.78, 5) is 4.78. The normalized spacial score (nSPS) is 17.6. The van der Waals surface area contributed by atoms with E-state index < -0.39 is 18.5 Å². The number of nitrogens with one attached hydrogen (secondary N) is 1. The van der Waals surface area contributed by atoms with Gasteiger partial charge >= 0.3 is 8.26 Å². The van der Waals surface area contributed by atoms with E-state index in [1.165, 1.54) is 10.5 Å². The number of methoxy groups -OCH3 is 2. The van der Waals surface area contributed by atoms with Crippen molar-refractivity contribution in [2.45, 2.75) is 29.4 Å². The number of benzene rings is 3. The molecule has 0 aliphatic carbocycles. The SMILES string of the molecule is COc1ccc2c(c1)CN(S(=O)(=O)N1CCN(Cc3ccc4c(c3)OCO4)CC1)CCS2.COc1ccc2c(c1)CNCCS2.II.O=S(=O)(Cl)Cl. The van der Waals surface area contributed by atoms with Crippen molar-refractivity contribution in [2.24, 2.45) is 0 Å². The average Bonchev–Trinajstić information content (AvgIpc) is 3.32. The highest BCUT2D eigenvalue weighted by Gasteiger charge is 2.34. The number of fused-ring (bicyclic) bond motifs is 3. The fourth-order valence-electron chi connectivity index (χ4n) is 5.67. The number of hydrogen-bond donors (Lipinski definition) is 1. The maximum atomic E-state index is 13.4. The summed E-state index contributed by atoms with van der Waals surface area (Å²) in [7, 11) is 4.62. The number of piperazine rings is 1. The highest BCUT2D eigenvalue weighted by atomic mass is 128. The van der Waals surface area contributed by atoms with Gasteiger partial charge in [0.05, 0.1) is 14.2 Å². The van der Waals surface area contributed by atoms with Gasteiger partial charge in [0.25, 0.3) is 10.2 Å². The molecule has 52 heavy (non-hydrogen) atoms. The monoisotopic (exact) mass is 1060 g/mol. The van der Waals surface area contributed by atoms with Gasteiger partial charge in [-0.15, -0.1) is 23.5 Å². The summed E-state index contributed by atoms with van der Waals surface area (Å²) in [6.07, 6.45) is 0. The van der Waals surface area contributed by atoms with Crippen LogP contribution in [0.3, 0.4) is 0 Å². The van der Waals surface area contributed by atoms with E-state index in [1.807, 2.05) is 54.2 Å². The van der Waals surface area contributed by atoms with Crippen molar-refractivity contribution in [1.29, 1.82) is 0 Å². The Bertz CT molecular complexity index is 1830. The first-order chi connectivity index (χ1) is 24.9. The summed E-state index contributed by atoms with van der Waals surface area (Å²) in [5, 5.41) is 3.38. The van der Waals surface area contributed by atoms with Gasteiger partial charge in [0.1, 0.15) is 11.5 Å². The Morgan fingerprint density at radius 1 is 0.769 bits per heavy atom. The smallest absolute Gasteiger partial charge is 0.317 e. The van der Waals surface area contributed by atoms with Crippen molar-refractivity contribution >= 4 is 101 Å². The molecule has 12 nitrogen and oxygen atoms in total. The molecule has 0 radical (unpaired) electrons. The second-order valence-corrected chi connectivity index (χ2v) is 19.3. The zero-order chi connectivity index (χ0) is 37.7. The highest BCUT2D eigenvalue weighted by Crippen LogP contribution is 2.34. The van der Waals surface area contributed by atoms with Crippen LogP contribution in [0.4, 0.5) is 0 Å². The fraction of sp³-hybridized carbons (Fsp3) is 0.438. The summed E-state index contributed by atoms with van der Waals surface area (Å²) in [5.74, 6) is 5.14. The number of hydrogen-bond acceptors (Lipinski definition) is 12. The quantitative estimate of drug-likeness (QED) is 0.207. The summed E-state index contributed by atoms with van der Waals surface area (Å²) in [6.45, 7) is 6.31. The molecule has 288 valence electrons. The Morgan fingerprint density at radius 2 is 1.37 bits per heavy atom. The van der Waals surface area contributed by atoms with E-state index in [-0.39, 0.29) is 6.79 Å². The zero-order valence-corrected chi connectivity index (χ0v) is 37.5. The van der Waals surface area contributed by atoms with Gasteiger partial charge in [-0.25, -0.2) is 0 Å². The first kappa shape index (κ1) is 44.1. The van der Waals surface area contributed by atoms with Gasteiger partial charge in [0, 0.05) is 139 Å². The maximum Gasteiger partial charge on any atom is 0.317 e. The van der Waals surface area contributed by atoms with Crippen LogP contribution in [0.2, 0.25) is 0 Å². The average molecular weight is 1060 g/mol. The number of thioether (sulfide) groups is 2. The summed E-state index contributed by atoms with van der Waals surface area (Å²) in [6, 6.07) is 18.1. The first-order valence-electron chi connectivity index (χ1n) is 15.9. The lowest BCUT2D eigenvalue weighted by Crippen LogP contribution is -2.52. The lowest BCUT2D eigenvalue weighted by Gasteiger charge is -2.36. The van der Waals surface area contributed by atoms with Gasteiger partial charge in [-0.2, -0.15) is 25.4 Å². The van der Waals surface area contributed by atoms with E-state index in [0.29, 0.717) is 39.3 Å². The second-order valence-electron chi connectivity index (χ2n) is 11.4. The van der Waals surface area contributed by atoms with Crippen LogP contribution in [-0.2, 0) is 38.1 Å². The Hall–Kier alpha value is -0.660. The Balaban J connectivity index is 0.000000249. The third-order valence-corrected chi connectivity index (χ3v) is 12.4. The molecule has 0 spiro atoms. The third-order valence-electron chi connectivity index (χ3n) is 8.16. The minimum absolute atomic E-state index is 0.265. The molecule has 7 rings (SSSR count). The van der Waals surface area contributed by atoms with Crippen molar-refractivity contribution < 1.29 is 35.8 Å². The van der Waals surface area contributed by atoms with Crippen molar-refractivity contribution in [3.05, 3.63) is 71.3 Å². The molecule has 1 saturated heterocycles. The topological polar surface area (TPSA) is 127 Å². The third kappa shape index (κ3) is 13.5. The predicted molar refractivity (Wildman–Crippen MR) is 227 cm³/mol. The largest absolute Gasteiger partial charge is 0.497 e. The molecule has 0 amide bonds. The van der Waals surface area contributed by atoms with Crippen LogP contribution in [0.5, 0.6) is 23.0 Å². The Morgan fingerprint density at radius 3 is 2.02 bits per heavy atom. The van der Waals surface area contributed by atoms with Crippen LogP contribution in [0.15, 0.2) is 64.4 Å². The summed E-state index contributed by atoms with van der Waals surface area (Å²) in [5.41, 5.74) is 3.49. The molecule has 0 aromatic heterocycles. The number of halogens is 4. The standard InChI is InChI=1S/C22H27N3O5S2.C10H13NOS.Cl2O2S.I2/c1-28-19-3-5-22-18(13-19)15-25(10-11-31-22)32(26,27)24-8-6-23(7-9-24)14-17-2-4-20-21(12-17)30-16-29-20;1-12-9-2-3-10-8(6-9)7-11-4-5-13-10;1-5(2,3)4;1-2/h2-5,12-13H,6-11,14-16H2,1H3;2-3,6,11H,4-5,7H2,1H3;;. The molecular formula is C32H40Cl2I2N4O8S4. The van der Waals surface area contributed by atoms with Gasteiger partial charge in [-0.3, -0.25) is 4.90 Å². The molecular weight excluding hydrogens is 1020 g/mol. The maximum absolute atomic E-state index is 13.4. The van der Waals surface area contributed by atoms with Crippen LogP contribution in [0.1, 0.15) is 16.7 Å². The van der Waals surface area contributed by atoms with Crippen molar-refractivity contribution in [2.75, 3.05) is 71.8 Å². The minimum Gasteiger partial charge on any atom is -0.497 e. The molecule has 4 heterocycles. The van der Waals surface area contributed by atoms with Gasteiger partial charge < -0.3 is 24.3 Å². The van der Waals surface area contributed by atoms with Gasteiger partial charge in [0.15, 0.2) is 11.5 Å². The zero-order valence-electron chi connectivity index (χ0n) is 28.4. The number of nitrogens with zero attached hydrogens (tertiary/aromatic N) is 3. The minimum atomic E-state index is -3.72.